The predicted octanol–water partition coefficient (Wildman–Crippen LogP) is 1.17. The number of carbonyl (C=O) groups is 1. The maximum absolute atomic E-state index is 12.9. The predicted molar refractivity (Wildman–Crippen MR) is 58.6 cm³/mol. The van der Waals surface area contributed by atoms with Crippen molar-refractivity contribution in [2.45, 2.75) is 25.6 Å². The third kappa shape index (κ3) is 4.13. The molecule has 4 nitrogen and oxygen atoms in total. The monoisotopic (exact) mass is 242 g/mol. The van der Waals surface area contributed by atoms with E-state index < -0.39 is 24.0 Å². The molecule has 94 valence electrons. The van der Waals surface area contributed by atoms with E-state index in [0.29, 0.717) is 0 Å². The number of rotatable bonds is 5. The SMILES string of the molecule is CCOC(=O)CC(O)C(O)c1cccc(F)c1. The Bertz CT molecular complexity index is 381. The summed E-state index contributed by atoms with van der Waals surface area (Å²) >= 11 is 0. The fourth-order valence-corrected chi connectivity index (χ4v) is 1.42. The zero-order valence-electron chi connectivity index (χ0n) is 9.47. The Morgan fingerprint density at radius 2 is 2.18 bits per heavy atom. The molecule has 2 N–H and O–H groups in total. The first-order valence-corrected chi connectivity index (χ1v) is 5.31. The van der Waals surface area contributed by atoms with Crippen LogP contribution in [-0.2, 0) is 9.53 Å². The van der Waals surface area contributed by atoms with Gasteiger partial charge in [0, 0.05) is 0 Å². The van der Waals surface area contributed by atoms with Crippen LogP contribution >= 0.6 is 0 Å². The van der Waals surface area contributed by atoms with Gasteiger partial charge in [0.1, 0.15) is 11.9 Å². The van der Waals surface area contributed by atoms with Gasteiger partial charge in [0.05, 0.1) is 19.1 Å². The summed E-state index contributed by atoms with van der Waals surface area (Å²) in [4.78, 5) is 11.1. The van der Waals surface area contributed by atoms with Crippen LogP contribution < -0.4 is 0 Å². The summed E-state index contributed by atoms with van der Waals surface area (Å²) in [6.45, 7) is 1.86. The maximum Gasteiger partial charge on any atom is 0.308 e. The Labute approximate surface area is 98.7 Å². The van der Waals surface area contributed by atoms with Crippen molar-refractivity contribution in [1.82, 2.24) is 0 Å². The van der Waals surface area contributed by atoms with Gasteiger partial charge in [-0.15, -0.1) is 0 Å². The number of carbonyl (C=O) groups excluding carboxylic acids is 1. The standard InChI is InChI=1S/C12H15FO4/c1-2-17-11(15)7-10(14)12(16)8-4-3-5-9(13)6-8/h3-6,10,12,14,16H,2,7H2,1H3. The minimum atomic E-state index is -1.31. The lowest BCUT2D eigenvalue weighted by Crippen LogP contribution is -2.23. The summed E-state index contributed by atoms with van der Waals surface area (Å²) in [7, 11) is 0. The quantitative estimate of drug-likeness (QED) is 0.761. The van der Waals surface area contributed by atoms with Gasteiger partial charge in [-0.2, -0.15) is 0 Å². The average Bonchev–Trinajstić information content (AvgIpc) is 2.28. The van der Waals surface area contributed by atoms with E-state index in [-0.39, 0.29) is 18.6 Å². The van der Waals surface area contributed by atoms with E-state index >= 15 is 0 Å². The highest BCUT2D eigenvalue weighted by atomic mass is 19.1. The molecule has 1 rings (SSSR count). The Balaban J connectivity index is 2.63. The Morgan fingerprint density at radius 1 is 1.47 bits per heavy atom. The number of benzene rings is 1. The van der Waals surface area contributed by atoms with Crippen LogP contribution in [0.5, 0.6) is 0 Å². The fraction of sp³-hybridized carbons (Fsp3) is 0.417. The molecule has 0 aliphatic rings. The third-order valence-electron chi connectivity index (χ3n) is 2.24. The van der Waals surface area contributed by atoms with Crippen molar-refractivity contribution in [3.05, 3.63) is 35.6 Å². The highest BCUT2D eigenvalue weighted by molar-refractivity contribution is 5.70. The van der Waals surface area contributed by atoms with Gasteiger partial charge in [-0.3, -0.25) is 4.79 Å². The van der Waals surface area contributed by atoms with E-state index in [1.165, 1.54) is 18.2 Å². The lowest BCUT2D eigenvalue weighted by Gasteiger charge is -2.17. The van der Waals surface area contributed by atoms with E-state index in [1.54, 1.807) is 6.92 Å². The zero-order chi connectivity index (χ0) is 12.8. The first kappa shape index (κ1) is 13.6. The number of halogens is 1. The number of hydrogen-bond acceptors (Lipinski definition) is 4. The number of ether oxygens (including phenoxy) is 1. The Morgan fingerprint density at radius 3 is 2.76 bits per heavy atom. The van der Waals surface area contributed by atoms with Gasteiger partial charge in [-0.25, -0.2) is 4.39 Å². The summed E-state index contributed by atoms with van der Waals surface area (Å²) in [5.41, 5.74) is 0.224. The third-order valence-corrected chi connectivity index (χ3v) is 2.24. The molecule has 5 heteroatoms. The number of esters is 1. The van der Waals surface area contributed by atoms with Crippen LogP contribution in [0.15, 0.2) is 24.3 Å². The summed E-state index contributed by atoms with van der Waals surface area (Å²) in [5, 5.41) is 19.3. The van der Waals surface area contributed by atoms with Crippen LogP contribution in [0, 0.1) is 5.82 Å². The summed E-state index contributed by atoms with van der Waals surface area (Å²) in [6.07, 6.45) is -2.95. The second-order valence-electron chi connectivity index (χ2n) is 3.58. The molecule has 2 unspecified atom stereocenters. The van der Waals surface area contributed by atoms with E-state index in [9.17, 15) is 19.4 Å². The molecule has 0 aromatic heterocycles. The lowest BCUT2D eigenvalue weighted by atomic mass is 10.0. The molecule has 2 atom stereocenters. The average molecular weight is 242 g/mol. The highest BCUT2D eigenvalue weighted by Crippen LogP contribution is 2.19. The van der Waals surface area contributed by atoms with E-state index in [2.05, 4.69) is 4.74 Å². The molecule has 1 aromatic carbocycles. The number of hydrogen-bond donors (Lipinski definition) is 2. The van der Waals surface area contributed by atoms with Crippen LogP contribution in [0.1, 0.15) is 25.0 Å². The van der Waals surface area contributed by atoms with Gasteiger partial charge in [0.2, 0.25) is 0 Å². The van der Waals surface area contributed by atoms with Crippen molar-refractivity contribution in [3.8, 4) is 0 Å². The van der Waals surface area contributed by atoms with Gasteiger partial charge in [-0.05, 0) is 24.6 Å². The molecule has 17 heavy (non-hydrogen) atoms. The smallest absolute Gasteiger partial charge is 0.308 e. The fourth-order valence-electron chi connectivity index (χ4n) is 1.42. The molecule has 0 amide bonds. The minimum Gasteiger partial charge on any atom is -0.466 e. The molecule has 1 aromatic rings. The zero-order valence-corrected chi connectivity index (χ0v) is 9.47. The van der Waals surface area contributed by atoms with Crippen LogP contribution in [0.4, 0.5) is 4.39 Å². The minimum absolute atomic E-state index is 0.210. The molecule has 0 heterocycles. The van der Waals surface area contributed by atoms with E-state index in [1.807, 2.05) is 0 Å². The van der Waals surface area contributed by atoms with Crippen LogP contribution in [0.25, 0.3) is 0 Å². The largest absolute Gasteiger partial charge is 0.466 e. The normalized spacial score (nSPS) is 14.1. The molecule has 0 aliphatic carbocycles. The van der Waals surface area contributed by atoms with Gasteiger partial charge < -0.3 is 14.9 Å². The van der Waals surface area contributed by atoms with Crippen LogP contribution in [0.2, 0.25) is 0 Å². The highest BCUT2D eigenvalue weighted by Gasteiger charge is 2.22. The molecule has 0 spiro atoms. The summed E-state index contributed by atoms with van der Waals surface area (Å²) in [5.74, 6) is -1.11. The van der Waals surface area contributed by atoms with Crippen molar-refractivity contribution in [1.29, 1.82) is 0 Å². The lowest BCUT2D eigenvalue weighted by molar-refractivity contribution is -0.147. The van der Waals surface area contributed by atoms with E-state index in [0.717, 1.165) is 6.07 Å². The van der Waals surface area contributed by atoms with Crippen molar-refractivity contribution in [3.63, 3.8) is 0 Å². The Kier molecular flexibility index (Phi) is 5.06. The van der Waals surface area contributed by atoms with Gasteiger partial charge in [-0.1, -0.05) is 12.1 Å². The molecular weight excluding hydrogens is 227 g/mol. The van der Waals surface area contributed by atoms with Crippen LogP contribution in [-0.4, -0.2) is 28.9 Å². The van der Waals surface area contributed by atoms with Gasteiger partial charge >= 0.3 is 5.97 Å². The van der Waals surface area contributed by atoms with Crippen LogP contribution in [0.3, 0.4) is 0 Å². The van der Waals surface area contributed by atoms with Crippen molar-refractivity contribution in [2.75, 3.05) is 6.61 Å². The van der Waals surface area contributed by atoms with Crippen molar-refractivity contribution < 1.29 is 24.1 Å². The summed E-state index contributed by atoms with van der Waals surface area (Å²) in [6, 6.07) is 5.24. The molecular formula is C12H15FO4. The second-order valence-corrected chi connectivity index (χ2v) is 3.58. The topological polar surface area (TPSA) is 66.8 Å². The Hall–Kier alpha value is -1.46. The molecule has 0 radical (unpaired) electrons. The second kappa shape index (κ2) is 6.32. The first-order valence-electron chi connectivity index (χ1n) is 5.31. The first-order chi connectivity index (χ1) is 8.04. The maximum atomic E-state index is 12.9. The van der Waals surface area contributed by atoms with Gasteiger partial charge in [0.15, 0.2) is 0 Å². The molecule has 0 aliphatic heterocycles. The molecule has 0 saturated heterocycles. The van der Waals surface area contributed by atoms with Crippen molar-refractivity contribution in [2.24, 2.45) is 0 Å². The van der Waals surface area contributed by atoms with E-state index in [4.69, 9.17) is 0 Å². The summed E-state index contributed by atoms with van der Waals surface area (Å²) < 4.78 is 17.5. The number of aliphatic hydroxyl groups is 2. The molecule has 0 bridgehead atoms. The van der Waals surface area contributed by atoms with Crippen molar-refractivity contribution >= 4 is 5.97 Å². The van der Waals surface area contributed by atoms with Gasteiger partial charge in [0.25, 0.3) is 0 Å². The molecule has 0 fully saturated rings. The number of aliphatic hydroxyl groups excluding tert-OH is 2. The molecule has 0 saturated carbocycles.